The van der Waals surface area contributed by atoms with Crippen molar-refractivity contribution in [3.8, 4) is 0 Å². The Kier molecular flexibility index (Phi) is 3.95. The van der Waals surface area contributed by atoms with Crippen molar-refractivity contribution in [2.24, 2.45) is 0 Å². The average molecular weight is 374 g/mol. The summed E-state index contributed by atoms with van der Waals surface area (Å²) in [5.41, 5.74) is 1.16. The van der Waals surface area contributed by atoms with E-state index >= 15 is 0 Å². The topological polar surface area (TPSA) is 59.9 Å². The predicted molar refractivity (Wildman–Crippen MR) is 87.4 cm³/mol. The van der Waals surface area contributed by atoms with Crippen molar-refractivity contribution in [3.63, 3.8) is 0 Å². The summed E-state index contributed by atoms with van der Waals surface area (Å²) in [6, 6.07) is 6.41. The summed E-state index contributed by atoms with van der Waals surface area (Å²) in [4.78, 5) is 31.0. The minimum absolute atomic E-state index is 0.00510. The molecule has 22 heavy (non-hydrogen) atoms. The van der Waals surface area contributed by atoms with Crippen LogP contribution in [0.3, 0.4) is 0 Å². The van der Waals surface area contributed by atoms with Gasteiger partial charge in [0, 0.05) is 10.8 Å². The summed E-state index contributed by atoms with van der Waals surface area (Å²) < 4.78 is 0. The fourth-order valence-corrected chi connectivity index (χ4v) is 2.96. The molecule has 0 aliphatic rings. The van der Waals surface area contributed by atoms with E-state index in [1.165, 1.54) is 12.1 Å². The Morgan fingerprint density at radius 2 is 1.45 bits per heavy atom. The number of hydrogen-bond donors (Lipinski definition) is 0. The molecule has 0 unspecified atom stereocenters. The summed E-state index contributed by atoms with van der Waals surface area (Å²) in [5.74, 6) is 0. The highest BCUT2D eigenvalue weighted by atomic mass is 35.5. The van der Waals surface area contributed by atoms with Gasteiger partial charge in [0.15, 0.2) is 0 Å². The van der Waals surface area contributed by atoms with Crippen molar-refractivity contribution in [2.75, 3.05) is 0 Å². The smallest absolute Gasteiger partial charge is 0.255 e. The number of nitrogens with zero attached hydrogens (tertiary/aromatic N) is 2. The van der Waals surface area contributed by atoms with Crippen LogP contribution >= 0.6 is 46.4 Å². The highest BCUT2D eigenvalue weighted by Gasteiger charge is 2.16. The van der Waals surface area contributed by atoms with Gasteiger partial charge in [-0.2, -0.15) is 0 Å². The molecule has 0 bridgehead atoms. The lowest BCUT2D eigenvalue weighted by Crippen LogP contribution is -1.97. The molecular weight excluding hydrogens is 370 g/mol. The minimum Gasteiger partial charge on any atom is -0.275 e. The predicted octanol–water partition coefficient (Wildman–Crippen LogP) is 4.85. The van der Waals surface area contributed by atoms with E-state index in [0.717, 1.165) is 0 Å². The zero-order valence-electron chi connectivity index (χ0n) is 10.5. The lowest BCUT2D eigenvalue weighted by atomic mass is 10.1. The number of halogens is 4. The van der Waals surface area contributed by atoms with E-state index in [9.17, 15) is 9.59 Å². The van der Waals surface area contributed by atoms with Gasteiger partial charge >= 0.3 is 0 Å². The Labute approximate surface area is 144 Å². The number of rotatable bonds is 2. The second-order valence-corrected chi connectivity index (χ2v) is 5.81. The van der Waals surface area contributed by atoms with Crippen LogP contribution in [-0.4, -0.2) is 20.5 Å². The van der Waals surface area contributed by atoms with Crippen LogP contribution in [0.1, 0.15) is 20.7 Å². The maximum absolute atomic E-state index is 11.4. The molecule has 0 aliphatic heterocycles. The van der Waals surface area contributed by atoms with Crippen LogP contribution in [0.4, 0.5) is 0 Å². The standard InChI is InChI=1S/C14H4Cl4N2O2/c15-11-8(14(18)22)4-6-9(19-11)2-1-5-3-7(13(17)21)12(16)20-10(5)6/h1-4H. The first-order valence-corrected chi connectivity index (χ1v) is 7.39. The van der Waals surface area contributed by atoms with Gasteiger partial charge in [0.2, 0.25) is 0 Å². The van der Waals surface area contributed by atoms with Crippen LogP contribution in [0, 0.1) is 0 Å². The van der Waals surface area contributed by atoms with Crippen LogP contribution in [-0.2, 0) is 0 Å². The van der Waals surface area contributed by atoms with Crippen LogP contribution in [0.25, 0.3) is 21.8 Å². The highest BCUT2D eigenvalue weighted by molar-refractivity contribution is 6.69. The Morgan fingerprint density at radius 1 is 0.864 bits per heavy atom. The first kappa shape index (κ1) is 15.4. The van der Waals surface area contributed by atoms with Crippen molar-refractivity contribution < 1.29 is 9.59 Å². The van der Waals surface area contributed by atoms with Gasteiger partial charge in [-0.3, -0.25) is 9.59 Å². The minimum atomic E-state index is -0.727. The second-order valence-electron chi connectivity index (χ2n) is 4.40. The summed E-state index contributed by atoms with van der Waals surface area (Å²) >= 11 is 22.8. The van der Waals surface area contributed by atoms with Crippen molar-refractivity contribution >= 4 is 78.7 Å². The van der Waals surface area contributed by atoms with E-state index in [1.54, 1.807) is 12.1 Å². The van der Waals surface area contributed by atoms with E-state index in [4.69, 9.17) is 46.4 Å². The average Bonchev–Trinajstić information content (AvgIpc) is 2.45. The zero-order valence-corrected chi connectivity index (χ0v) is 13.6. The third kappa shape index (κ3) is 2.52. The van der Waals surface area contributed by atoms with E-state index in [2.05, 4.69) is 9.97 Å². The molecule has 0 fully saturated rings. The van der Waals surface area contributed by atoms with Gasteiger partial charge in [0.25, 0.3) is 10.5 Å². The second kappa shape index (κ2) is 5.63. The third-order valence-electron chi connectivity index (χ3n) is 3.11. The van der Waals surface area contributed by atoms with E-state index < -0.39 is 10.5 Å². The normalized spacial score (nSPS) is 11.1. The molecule has 3 aromatic rings. The van der Waals surface area contributed by atoms with Crippen molar-refractivity contribution in [1.82, 2.24) is 9.97 Å². The monoisotopic (exact) mass is 372 g/mol. The van der Waals surface area contributed by atoms with Crippen LogP contribution in [0.2, 0.25) is 10.3 Å². The number of carbonyl (C=O) groups is 2. The molecule has 0 spiro atoms. The number of fused-ring (bicyclic) bond motifs is 3. The summed E-state index contributed by atoms with van der Waals surface area (Å²) in [7, 11) is 0. The molecule has 0 radical (unpaired) electrons. The van der Waals surface area contributed by atoms with Crippen LogP contribution < -0.4 is 0 Å². The molecule has 4 nitrogen and oxygen atoms in total. The number of pyridine rings is 2. The van der Waals surface area contributed by atoms with Gasteiger partial charge in [0.05, 0.1) is 22.2 Å². The SMILES string of the molecule is O=C(Cl)c1cc2c(ccc3cc(C(=O)Cl)c(Cl)nc32)nc1Cl. The lowest BCUT2D eigenvalue weighted by molar-refractivity contribution is 0.107. The number of benzene rings is 1. The lowest BCUT2D eigenvalue weighted by Gasteiger charge is -2.07. The molecule has 0 saturated carbocycles. The van der Waals surface area contributed by atoms with Gasteiger partial charge in [-0.15, -0.1) is 0 Å². The Balaban J connectivity index is 2.44. The van der Waals surface area contributed by atoms with Crippen molar-refractivity contribution in [3.05, 3.63) is 45.7 Å². The first-order valence-electron chi connectivity index (χ1n) is 5.87. The van der Waals surface area contributed by atoms with Crippen LogP contribution in [0.15, 0.2) is 24.3 Å². The number of aromatic nitrogens is 2. The maximum atomic E-state index is 11.4. The van der Waals surface area contributed by atoms with E-state index in [1.807, 2.05) is 0 Å². The van der Waals surface area contributed by atoms with Crippen molar-refractivity contribution in [2.45, 2.75) is 0 Å². The molecule has 0 N–H and O–H groups in total. The molecule has 110 valence electrons. The first-order chi connectivity index (χ1) is 10.4. The zero-order chi connectivity index (χ0) is 16.0. The molecule has 3 rings (SSSR count). The number of carbonyl (C=O) groups excluding carboxylic acids is 2. The van der Waals surface area contributed by atoms with Crippen LogP contribution in [0.5, 0.6) is 0 Å². The molecule has 2 aromatic heterocycles. The fourth-order valence-electron chi connectivity index (χ4n) is 2.11. The molecule has 1 aromatic carbocycles. The van der Waals surface area contributed by atoms with E-state index in [0.29, 0.717) is 21.8 Å². The van der Waals surface area contributed by atoms with Gasteiger partial charge in [-0.05, 0) is 41.4 Å². The Morgan fingerprint density at radius 3 is 2.09 bits per heavy atom. The number of hydrogen-bond acceptors (Lipinski definition) is 4. The largest absolute Gasteiger partial charge is 0.275 e. The molecule has 8 heteroatoms. The summed E-state index contributed by atoms with van der Waals surface area (Å²) in [6.07, 6.45) is 0. The molecule has 0 aliphatic carbocycles. The fraction of sp³-hybridized carbons (Fsp3) is 0. The molecule has 2 heterocycles. The van der Waals surface area contributed by atoms with Gasteiger partial charge in [-0.25, -0.2) is 9.97 Å². The molecular formula is C14H4Cl4N2O2. The van der Waals surface area contributed by atoms with Gasteiger partial charge in [-0.1, -0.05) is 29.3 Å². The molecule has 0 atom stereocenters. The third-order valence-corrected chi connectivity index (χ3v) is 4.09. The van der Waals surface area contributed by atoms with Gasteiger partial charge in [0.1, 0.15) is 10.3 Å². The molecule has 0 amide bonds. The van der Waals surface area contributed by atoms with Gasteiger partial charge < -0.3 is 0 Å². The Hall–Kier alpha value is -1.46. The summed E-state index contributed by atoms with van der Waals surface area (Å²) in [5, 5.41) is -0.293. The Bertz CT molecular complexity index is 972. The highest BCUT2D eigenvalue weighted by Crippen LogP contribution is 2.30. The summed E-state index contributed by atoms with van der Waals surface area (Å²) in [6.45, 7) is 0. The quantitative estimate of drug-likeness (QED) is 0.366. The molecule has 0 saturated heterocycles. The van der Waals surface area contributed by atoms with E-state index in [-0.39, 0.29) is 21.4 Å². The maximum Gasteiger partial charge on any atom is 0.255 e. The van der Waals surface area contributed by atoms with Crippen molar-refractivity contribution in [1.29, 1.82) is 0 Å².